The molecule has 2 amide bonds. The van der Waals surface area contributed by atoms with E-state index in [1.807, 2.05) is 0 Å². The Bertz CT molecular complexity index is 669. The van der Waals surface area contributed by atoms with Crippen molar-refractivity contribution in [1.29, 1.82) is 0 Å². The molecule has 2 aromatic rings. The number of rotatable bonds is 5. The summed E-state index contributed by atoms with van der Waals surface area (Å²) in [4.78, 5) is 23.2. The fourth-order valence-electron chi connectivity index (χ4n) is 2.00. The summed E-state index contributed by atoms with van der Waals surface area (Å²) in [7, 11) is 1.58. The van der Waals surface area contributed by atoms with Crippen molar-refractivity contribution in [3.63, 3.8) is 0 Å². The molecule has 114 valence electrons. The number of amides is 2. The Labute approximate surface area is 128 Å². The number of hydrogen-bond donors (Lipinski definition) is 2. The van der Waals surface area contributed by atoms with Crippen molar-refractivity contribution in [3.05, 3.63) is 65.5 Å². The van der Waals surface area contributed by atoms with E-state index < -0.39 is 5.82 Å². The number of hydrogen-bond acceptors (Lipinski definition) is 2. The highest BCUT2D eigenvalue weighted by Gasteiger charge is 2.08. The molecule has 2 rings (SSSR count). The summed E-state index contributed by atoms with van der Waals surface area (Å²) in [6.07, 6.45) is 0.270. The molecule has 0 aliphatic rings. The van der Waals surface area contributed by atoms with Crippen LogP contribution in [0.3, 0.4) is 0 Å². The minimum absolute atomic E-state index is 0.0212. The van der Waals surface area contributed by atoms with E-state index in [-0.39, 0.29) is 18.2 Å². The molecule has 4 nitrogen and oxygen atoms in total. The number of likely N-dealkylation sites (N-methyl/N-ethyl adjacent to an activating group) is 1. The quantitative estimate of drug-likeness (QED) is 0.890. The standard InChI is InChI=1S/C17H17FN2O2/c1-19-16(21)10-12-6-8-14(9-7-12)20-17(22)11-13-4-2-3-5-15(13)18/h2-9H,10-11H2,1H3,(H,19,21)(H,20,22). The molecular formula is C17H17FN2O2. The van der Waals surface area contributed by atoms with Crippen molar-refractivity contribution < 1.29 is 14.0 Å². The van der Waals surface area contributed by atoms with Crippen LogP contribution in [0.25, 0.3) is 0 Å². The maximum atomic E-state index is 13.5. The Morgan fingerprint density at radius 3 is 2.27 bits per heavy atom. The predicted octanol–water partition coefficient (Wildman–Crippen LogP) is 2.30. The Balaban J connectivity index is 1.94. The average Bonchev–Trinajstić information content (AvgIpc) is 2.51. The lowest BCUT2D eigenvalue weighted by atomic mass is 10.1. The second-order valence-electron chi connectivity index (χ2n) is 4.86. The fraction of sp³-hybridized carbons (Fsp3) is 0.176. The largest absolute Gasteiger partial charge is 0.359 e. The molecule has 2 aromatic carbocycles. The number of carbonyl (C=O) groups excluding carboxylic acids is 2. The van der Waals surface area contributed by atoms with Gasteiger partial charge in [-0.05, 0) is 29.3 Å². The molecule has 0 unspecified atom stereocenters. The fourth-order valence-corrected chi connectivity index (χ4v) is 2.00. The Hall–Kier alpha value is -2.69. The van der Waals surface area contributed by atoms with Gasteiger partial charge in [-0.25, -0.2) is 4.39 Å². The van der Waals surface area contributed by atoms with Gasteiger partial charge in [0.1, 0.15) is 5.82 Å². The van der Waals surface area contributed by atoms with E-state index in [4.69, 9.17) is 0 Å². The highest BCUT2D eigenvalue weighted by molar-refractivity contribution is 5.92. The van der Waals surface area contributed by atoms with Crippen molar-refractivity contribution in [1.82, 2.24) is 5.32 Å². The summed E-state index contributed by atoms with van der Waals surface area (Å²) in [5, 5.41) is 5.25. The van der Waals surface area contributed by atoms with Crippen LogP contribution >= 0.6 is 0 Å². The second kappa shape index (κ2) is 7.36. The Kier molecular flexibility index (Phi) is 5.25. The zero-order chi connectivity index (χ0) is 15.9. The molecule has 0 bridgehead atoms. The minimum Gasteiger partial charge on any atom is -0.359 e. The molecule has 0 spiro atoms. The lowest BCUT2D eigenvalue weighted by Gasteiger charge is -2.07. The van der Waals surface area contributed by atoms with Gasteiger partial charge in [0.05, 0.1) is 12.8 Å². The van der Waals surface area contributed by atoms with Crippen LogP contribution < -0.4 is 10.6 Å². The molecule has 0 saturated heterocycles. The Morgan fingerprint density at radius 1 is 0.955 bits per heavy atom. The third kappa shape index (κ3) is 4.41. The first kappa shape index (κ1) is 15.7. The molecule has 2 N–H and O–H groups in total. The van der Waals surface area contributed by atoms with Gasteiger partial charge in [-0.3, -0.25) is 9.59 Å². The molecule has 0 fully saturated rings. The van der Waals surface area contributed by atoms with Crippen molar-refractivity contribution >= 4 is 17.5 Å². The van der Waals surface area contributed by atoms with E-state index in [1.165, 1.54) is 6.07 Å². The molecule has 0 aromatic heterocycles. The van der Waals surface area contributed by atoms with Gasteiger partial charge >= 0.3 is 0 Å². The number of anilines is 1. The zero-order valence-corrected chi connectivity index (χ0v) is 12.2. The highest BCUT2D eigenvalue weighted by Crippen LogP contribution is 2.12. The van der Waals surface area contributed by atoms with Crippen LogP contribution in [0.15, 0.2) is 48.5 Å². The average molecular weight is 300 g/mol. The molecule has 0 heterocycles. The van der Waals surface area contributed by atoms with Crippen molar-refractivity contribution in [2.75, 3.05) is 12.4 Å². The lowest BCUT2D eigenvalue weighted by molar-refractivity contribution is -0.120. The van der Waals surface area contributed by atoms with Crippen LogP contribution in [0.2, 0.25) is 0 Å². The minimum atomic E-state index is -0.390. The molecule has 22 heavy (non-hydrogen) atoms. The highest BCUT2D eigenvalue weighted by atomic mass is 19.1. The lowest BCUT2D eigenvalue weighted by Crippen LogP contribution is -2.20. The number of benzene rings is 2. The van der Waals surface area contributed by atoms with Gasteiger partial charge in [0.15, 0.2) is 0 Å². The topological polar surface area (TPSA) is 58.2 Å². The van der Waals surface area contributed by atoms with Crippen LogP contribution in [0.4, 0.5) is 10.1 Å². The Morgan fingerprint density at radius 2 is 1.64 bits per heavy atom. The van der Waals surface area contributed by atoms with Crippen LogP contribution in [-0.2, 0) is 22.4 Å². The molecule has 5 heteroatoms. The number of carbonyl (C=O) groups is 2. The summed E-state index contributed by atoms with van der Waals surface area (Å²) in [6.45, 7) is 0. The van der Waals surface area contributed by atoms with Gasteiger partial charge in [0.2, 0.25) is 11.8 Å². The summed E-state index contributed by atoms with van der Waals surface area (Å²) in [6, 6.07) is 13.2. The molecule has 0 aliphatic carbocycles. The van der Waals surface area contributed by atoms with Gasteiger partial charge in [-0.1, -0.05) is 30.3 Å². The molecule has 0 saturated carbocycles. The third-order valence-corrected chi connectivity index (χ3v) is 3.19. The summed E-state index contributed by atoms with van der Waals surface area (Å²) >= 11 is 0. The van der Waals surface area contributed by atoms with Gasteiger partial charge in [0.25, 0.3) is 0 Å². The zero-order valence-electron chi connectivity index (χ0n) is 12.2. The smallest absolute Gasteiger partial charge is 0.228 e. The molecule has 0 radical (unpaired) electrons. The predicted molar refractivity (Wildman–Crippen MR) is 82.9 cm³/mol. The van der Waals surface area contributed by atoms with Crippen LogP contribution in [0, 0.1) is 5.82 Å². The van der Waals surface area contributed by atoms with Crippen LogP contribution in [0.1, 0.15) is 11.1 Å². The maximum absolute atomic E-state index is 13.5. The van der Waals surface area contributed by atoms with E-state index in [0.717, 1.165) is 5.56 Å². The van der Waals surface area contributed by atoms with E-state index in [2.05, 4.69) is 10.6 Å². The van der Waals surface area contributed by atoms with Gasteiger partial charge < -0.3 is 10.6 Å². The summed E-state index contributed by atoms with van der Waals surface area (Å²) in [5.41, 5.74) is 1.82. The van der Waals surface area contributed by atoms with Crippen molar-refractivity contribution in [2.24, 2.45) is 0 Å². The van der Waals surface area contributed by atoms with E-state index >= 15 is 0 Å². The summed E-state index contributed by atoms with van der Waals surface area (Å²) < 4.78 is 13.5. The first-order valence-corrected chi connectivity index (χ1v) is 6.91. The van der Waals surface area contributed by atoms with Crippen LogP contribution in [0.5, 0.6) is 0 Å². The summed E-state index contributed by atoms with van der Waals surface area (Å²) in [5.74, 6) is -0.751. The monoisotopic (exact) mass is 300 g/mol. The van der Waals surface area contributed by atoms with Gasteiger partial charge in [-0.2, -0.15) is 0 Å². The first-order chi connectivity index (χ1) is 10.6. The van der Waals surface area contributed by atoms with Crippen molar-refractivity contribution in [3.8, 4) is 0 Å². The number of nitrogens with one attached hydrogen (secondary N) is 2. The molecule has 0 aliphatic heterocycles. The van der Waals surface area contributed by atoms with E-state index in [0.29, 0.717) is 17.7 Å². The van der Waals surface area contributed by atoms with Gasteiger partial charge in [0, 0.05) is 12.7 Å². The first-order valence-electron chi connectivity index (χ1n) is 6.91. The molecule has 0 atom stereocenters. The normalized spacial score (nSPS) is 10.1. The van der Waals surface area contributed by atoms with Crippen molar-refractivity contribution in [2.45, 2.75) is 12.8 Å². The van der Waals surface area contributed by atoms with Gasteiger partial charge in [-0.15, -0.1) is 0 Å². The molecular weight excluding hydrogens is 283 g/mol. The van der Waals surface area contributed by atoms with E-state index in [1.54, 1.807) is 49.5 Å². The van der Waals surface area contributed by atoms with E-state index in [9.17, 15) is 14.0 Å². The van der Waals surface area contributed by atoms with Crippen LogP contribution in [-0.4, -0.2) is 18.9 Å². The maximum Gasteiger partial charge on any atom is 0.228 e. The second-order valence-corrected chi connectivity index (χ2v) is 4.86. The number of halogens is 1. The SMILES string of the molecule is CNC(=O)Cc1ccc(NC(=O)Cc2ccccc2F)cc1. The third-order valence-electron chi connectivity index (χ3n) is 3.19.